The third-order valence-electron chi connectivity index (χ3n) is 7.81. The topological polar surface area (TPSA) is 187 Å². The predicted molar refractivity (Wildman–Crippen MR) is 172 cm³/mol. The number of likely N-dealkylation sites (tertiary alicyclic amines) is 1. The third kappa shape index (κ3) is 9.33. The first kappa shape index (κ1) is 35.9. The Morgan fingerprint density at radius 2 is 1.85 bits per heavy atom. The van der Waals surface area contributed by atoms with Gasteiger partial charge in [-0.15, -0.1) is 0 Å². The van der Waals surface area contributed by atoms with Crippen molar-refractivity contribution in [3.8, 4) is 5.75 Å². The van der Waals surface area contributed by atoms with E-state index >= 15 is 0 Å². The van der Waals surface area contributed by atoms with E-state index < -0.39 is 29.3 Å². The van der Waals surface area contributed by atoms with Gasteiger partial charge in [0.25, 0.3) is 11.8 Å². The van der Waals surface area contributed by atoms with Crippen LogP contribution in [-0.2, 0) is 27.3 Å². The Morgan fingerprint density at radius 1 is 1.15 bits per heavy atom. The Balaban J connectivity index is 0.000000291. The summed E-state index contributed by atoms with van der Waals surface area (Å²) in [4.78, 5) is 65.9. The number of ketones is 2. The van der Waals surface area contributed by atoms with Crippen LogP contribution in [0.2, 0.25) is 0 Å². The Morgan fingerprint density at radius 3 is 2.50 bits per heavy atom. The summed E-state index contributed by atoms with van der Waals surface area (Å²) in [6.45, 7) is 10.9. The van der Waals surface area contributed by atoms with Gasteiger partial charge in [-0.25, -0.2) is 18.7 Å². The van der Waals surface area contributed by atoms with Crippen LogP contribution in [0.3, 0.4) is 0 Å². The fourth-order valence-electron chi connectivity index (χ4n) is 4.98. The number of carbonyl (C=O) groups is 5. The molecule has 3 aromatic rings. The molecule has 1 aromatic carbocycles. The molecule has 4 N–H and O–H groups in total. The van der Waals surface area contributed by atoms with Gasteiger partial charge in [0.2, 0.25) is 0 Å². The summed E-state index contributed by atoms with van der Waals surface area (Å²) in [5.41, 5.74) is 6.01. The van der Waals surface area contributed by atoms with Gasteiger partial charge in [-0.1, -0.05) is 6.07 Å². The average Bonchev–Trinajstić information content (AvgIpc) is 3.42. The highest BCUT2D eigenvalue weighted by Gasteiger charge is 2.26. The fraction of sp³-hybridized carbons (Fsp3) is 0.485. The van der Waals surface area contributed by atoms with E-state index in [1.54, 1.807) is 23.1 Å². The van der Waals surface area contributed by atoms with Crippen LogP contribution in [0.25, 0.3) is 5.65 Å². The van der Waals surface area contributed by atoms with Crippen LogP contribution >= 0.6 is 0 Å². The molecule has 0 aliphatic carbocycles. The van der Waals surface area contributed by atoms with Crippen molar-refractivity contribution in [1.82, 2.24) is 30.1 Å². The second kappa shape index (κ2) is 15.3. The highest BCUT2D eigenvalue weighted by atomic mass is 19.1. The van der Waals surface area contributed by atoms with Gasteiger partial charge in [0.15, 0.2) is 23.0 Å². The lowest BCUT2D eigenvalue weighted by atomic mass is 9.97. The van der Waals surface area contributed by atoms with Crippen LogP contribution in [0.5, 0.6) is 5.75 Å². The maximum Gasteiger partial charge on any atom is 0.410 e. The number of fused-ring (bicyclic) bond motifs is 2. The molecule has 2 aromatic heterocycles. The number of ether oxygens (including phenoxy) is 2. The summed E-state index contributed by atoms with van der Waals surface area (Å²) in [6, 6.07) is 5.65. The van der Waals surface area contributed by atoms with E-state index in [1.165, 1.54) is 19.9 Å². The molecule has 5 rings (SSSR count). The van der Waals surface area contributed by atoms with Gasteiger partial charge in [-0.2, -0.15) is 5.10 Å². The molecule has 0 unspecified atom stereocenters. The van der Waals surface area contributed by atoms with Crippen molar-refractivity contribution in [1.29, 1.82) is 0 Å². The van der Waals surface area contributed by atoms with E-state index in [-0.39, 0.29) is 54.3 Å². The van der Waals surface area contributed by atoms with Gasteiger partial charge >= 0.3 is 6.09 Å². The first-order valence-electron chi connectivity index (χ1n) is 15.7. The van der Waals surface area contributed by atoms with E-state index in [1.807, 2.05) is 20.8 Å². The zero-order valence-electron chi connectivity index (χ0n) is 27.8. The lowest BCUT2D eigenvalue weighted by Gasteiger charge is -2.32. The lowest BCUT2D eigenvalue weighted by molar-refractivity contribution is -0.121. The van der Waals surface area contributed by atoms with Crippen molar-refractivity contribution in [3.05, 3.63) is 58.8 Å². The van der Waals surface area contributed by atoms with Crippen molar-refractivity contribution in [2.45, 2.75) is 72.1 Å². The average molecular weight is 668 g/mol. The van der Waals surface area contributed by atoms with Crippen molar-refractivity contribution in [2.24, 2.45) is 11.7 Å². The summed E-state index contributed by atoms with van der Waals surface area (Å²) < 4.78 is 25.8. The lowest BCUT2D eigenvalue weighted by Crippen LogP contribution is -2.42. The molecule has 2 aliphatic rings. The van der Waals surface area contributed by atoms with E-state index in [0.29, 0.717) is 11.7 Å². The Kier molecular flexibility index (Phi) is 11.5. The Labute approximate surface area is 277 Å². The number of nitrogens with two attached hydrogens (primary N) is 1. The van der Waals surface area contributed by atoms with Crippen molar-refractivity contribution in [2.75, 3.05) is 26.2 Å². The SMILES string of the molecule is CC(=O)[C@H](C)NC(=O)c1cc(C(=O)NCc2ccc3c(c2)CC(=O)CO3)nc2c(F)cnn12.CC(C)(C)OC(=O)N1CCC(CN)CC1. The third-order valence-corrected chi connectivity index (χ3v) is 7.81. The van der Waals surface area contributed by atoms with Gasteiger partial charge < -0.3 is 30.7 Å². The monoisotopic (exact) mass is 667 g/mol. The number of nitrogens with one attached hydrogen (secondary N) is 2. The fourth-order valence-corrected chi connectivity index (χ4v) is 4.98. The number of benzene rings is 1. The Hall–Kier alpha value is -4.92. The molecule has 3 amide bonds. The summed E-state index contributed by atoms with van der Waals surface area (Å²) >= 11 is 0. The van der Waals surface area contributed by atoms with Crippen LogP contribution in [0.1, 0.15) is 79.6 Å². The maximum atomic E-state index is 14.2. The van der Waals surface area contributed by atoms with Crippen molar-refractivity contribution >= 4 is 35.1 Å². The van der Waals surface area contributed by atoms with E-state index in [0.717, 1.165) is 54.3 Å². The van der Waals surface area contributed by atoms with Gasteiger partial charge in [0, 0.05) is 37.7 Å². The number of rotatable bonds is 7. The predicted octanol–water partition coefficient (Wildman–Crippen LogP) is 2.60. The minimum absolute atomic E-state index is 0.0334. The molecular formula is C33H42FN7O7. The van der Waals surface area contributed by atoms with Gasteiger partial charge in [0.1, 0.15) is 29.3 Å². The molecule has 0 bridgehead atoms. The minimum Gasteiger partial charge on any atom is -0.486 e. The number of nitrogens with zero attached hydrogens (tertiary/aromatic N) is 4. The highest BCUT2D eigenvalue weighted by Crippen LogP contribution is 2.24. The molecule has 4 heterocycles. The molecule has 1 fully saturated rings. The second-order valence-corrected chi connectivity index (χ2v) is 12.8. The van der Waals surface area contributed by atoms with Crippen LogP contribution < -0.4 is 21.1 Å². The summed E-state index contributed by atoms with van der Waals surface area (Å²) in [6.07, 6.45) is 2.93. The molecule has 258 valence electrons. The minimum atomic E-state index is -0.808. The van der Waals surface area contributed by atoms with E-state index in [4.69, 9.17) is 15.2 Å². The number of halogens is 1. The Bertz CT molecular complexity index is 1690. The van der Waals surface area contributed by atoms with Crippen molar-refractivity contribution in [3.63, 3.8) is 0 Å². The van der Waals surface area contributed by atoms with Crippen LogP contribution in [0, 0.1) is 11.7 Å². The zero-order chi connectivity index (χ0) is 35.2. The van der Waals surface area contributed by atoms with Crippen molar-refractivity contribution < 1.29 is 37.8 Å². The number of hydrogen-bond donors (Lipinski definition) is 3. The number of aromatic nitrogens is 3. The van der Waals surface area contributed by atoms with E-state index in [9.17, 15) is 28.4 Å². The standard InChI is InChI=1S/C22H20FN5O5.C11H22N2O2/c1-11(12(2)29)26-22(32)18-7-17(27-20-16(23)9-25-28(18)20)21(31)24-8-13-3-4-19-14(5-13)6-15(30)10-33-19;1-11(2,3)15-10(14)13-6-4-9(8-12)5-7-13/h3-5,7,9,11H,6,8,10H2,1-2H3,(H,24,31)(H,26,32);9H,4-8,12H2,1-3H3/t11-;/m0./s1. The molecule has 1 saturated heterocycles. The largest absolute Gasteiger partial charge is 0.486 e. The first-order valence-corrected chi connectivity index (χ1v) is 15.7. The van der Waals surface area contributed by atoms with Gasteiger partial charge in [0.05, 0.1) is 12.2 Å². The summed E-state index contributed by atoms with van der Waals surface area (Å²) in [5.74, 6) is -1.26. The highest BCUT2D eigenvalue weighted by molar-refractivity contribution is 6.00. The first-order chi connectivity index (χ1) is 22.6. The second-order valence-electron chi connectivity index (χ2n) is 12.8. The number of carbonyl (C=O) groups excluding carboxylic acids is 5. The maximum absolute atomic E-state index is 14.2. The number of piperidine rings is 1. The van der Waals surface area contributed by atoms with Crippen LogP contribution in [0.4, 0.5) is 9.18 Å². The summed E-state index contributed by atoms with van der Waals surface area (Å²) in [7, 11) is 0. The molecule has 1 atom stereocenters. The molecule has 0 spiro atoms. The zero-order valence-corrected chi connectivity index (χ0v) is 27.8. The van der Waals surface area contributed by atoms with Crippen LogP contribution in [-0.4, -0.2) is 86.9 Å². The molecular weight excluding hydrogens is 625 g/mol. The normalized spacial score (nSPS) is 15.4. The van der Waals surface area contributed by atoms with E-state index in [2.05, 4.69) is 20.7 Å². The summed E-state index contributed by atoms with van der Waals surface area (Å²) in [5, 5.41) is 8.95. The molecule has 48 heavy (non-hydrogen) atoms. The van der Waals surface area contributed by atoms with Gasteiger partial charge in [-0.05, 0) is 77.6 Å². The number of Topliss-reactive ketones (excluding diaryl/α,β-unsaturated/α-hetero) is 2. The smallest absolute Gasteiger partial charge is 0.410 e. The molecule has 14 nitrogen and oxygen atoms in total. The number of amides is 3. The quantitative estimate of drug-likeness (QED) is 0.338. The number of hydrogen-bond acceptors (Lipinski definition) is 10. The molecule has 0 radical (unpaired) electrons. The molecule has 0 saturated carbocycles. The van der Waals surface area contributed by atoms with Gasteiger partial charge in [-0.3, -0.25) is 19.2 Å². The van der Waals surface area contributed by atoms with Crippen LogP contribution in [0.15, 0.2) is 30.5 Å². The molecule has 2 aliphatic heterocycles. The molecule has 15 heteroatoms.